The van der Waals surface area contributed by atoms with Crippen molar-refractivity contribution in [1.82, 2.24) is 9.97 Å². The van der Waals surface area contributed by atoms with Gasteiger partial charge in [-0.05, 0) is 24.3 Å². The normalized spacial score (nSPS) is 21.1. The van der Waals surface area contributed by atoms with E-state index in [1.165, 1.54) is 0 Å². The van der Waals surface area contributed by atoms with Crippen molar-refractivity contribution in [2.24, 2.45) is 0 Å². The largest absolute Gasteiger partial charge is 0.491 e. The molecule has 0 radical (unpaired) electrons. The number of amides is 1. The van der Waals surface area contributed by atoms with E-state index >= 15 is 0 Å². The highest BCUT2D eigenvalue weighted by Crippen LogP contribution is 2.54. The average Bonchev–Trinajstić information content (AvgIpc) is 3.25. The van der Waals surface area contributed by atoms with Crippen LogP contribution in [0.25, 0.3) is 0 Å². The summed E-state index contributed by atoms with van der Waals surface area (Å²) in [6.45, 7) is 1.56. The third-order valence-corrected chi connectivity index (χ3v) is 5.71. The first-order valence-electron chi connectivity index (χ1n) is 9.52. The molecule has 1 aromatic carbocycles. The lowest BCUT2D eigenvalue weighted by Gasteiger charge is -2.24. The number of rotatable bonds is 2. The molecular formula is C22H17N3O4. The fraction of sp³-hybridized carbons (Fsp3) is 0.227. The van der Waals surface area contributed by atoms with Gasteiger partial charge in [0, 0.05) is 29.6 Å². The van der Waals surface area contributed by atoms with Gasteiger partial charge in [-0.1, -0.05) is 12.1 Å². The summed E-state index contributed by atoms with van der Waals surface area (Å²) in [7, 11) is 0. The Morgan fingerprint density at radius 3 is 2.55 bits per heavy atom. The zero-order chi connectivity index (χ0) is 19.4. The van der Waals surface area contributed by atoms with E-state index in [9.17, 15) is 4.79 Å². The first-order valence-corrected chi connectivity index (χ1v) is 9.52. The van der Waals surface area contributed by atoms with Gasteiger partial charge >= 0.3 is 0 Å². The van der Waals surface area contributed by atoms with Gasteiger partial charge < -0.3 is 14.2 Å². The van der Waals surface area contributed by atoms with Gasteiger partial charge in [0.2, 0.25) is 5.91 Å². The monoisotopic (exact) mass is 387 g/mol. The van der Waals surface area contributed by atoms with E-state index in [0.717, 1.165) is 16.8 Å². The molecule has 0 saturated heterocycles. The lowest BCUT2D eigenvalue weighted by molar-refractivity contribution is -0.122. The van der Waals surface area contributed by atoms with Gasteiger partial charge in [0.1, 0.15) is 36.8 Å². The van der Waals surface area contributed by atoms with Crippen molar-refractivity contribution in [3.05, 3.63) is 71.7 Å². The molecule has 3 aromatic rings. The van der Waals surface area contributed by atoms with Gasteiger partial charge in [0.25, 0.3) is 0 Å². The van der Waals surface area contributed by atoms with Crippen molar-refractivity contribution in [2.45, 2.75) is 12.0 Å². The molecule has 5 heterocycles. The molecule has 0 bridgehead atoms. The number of ether oxygens (including phenoxy) is 3. The van der Waals surface area contributed by atoms with Gasteiger partial charge in [-0.25, -0.2) is 4.98 Å². The van der Waals surface area contributed by atoms with Gasteiger partial charge in [0.05, 0.1) is 12.2 Å². The standard InChI is InChI=1S/C22H17N3O4/c26-21-22(13-29-17-11-19-18(10-16(17)22)27-8-9-28-19)15-5-3-7-24-20(15)25(21)12-14-4-1-2-6-23-14/h1-7,10-11H,8-9,12-13H2. The van der Waals surface area contributed by atoms with Crippen LogP contribution in [0.3, 0.4) is 0 Å². The molecule has 1 amide bonds. The first kappa shape index (κ1) is 16.4. The third kappa shape index (κ3) is 2.21. The molecule has 2 aromatic heterocycles. The SMILES string of the molecule is O=C1N(Cc2ccccn2)c2ncccc2C12COc1cc3c(cc12)OCCO3. The lowest BCUT2D eigenvalue weighted by atomic mass is 9.77. The van der Waals surface area contributed by atoms with Crippen LogP contribution < -0.4 is 19.1 Å². The summed E-state index contributed by atoms with van der Waals surface area (Å²) in [6, 6.07) is 13.2. The van der Waals surface area contributed by atoms with Crippen LogP contribution in [0.5, 0.6) is 17.2 Å². The van der Waals surface area contributed by atoms with Crippen LogP contribution in [0.4, 0.5) is 5.82 Å². The first-order chi connectivity index (χ1) is 14.3. The van der Waals surface area contributed by atoms with Gasteiger partial charge in [0.15, 0.2) is 11.5 Å². The van der Waals surface area contributed by atoms with E-state index < -0.39 is 5.41 Å². The molecule has 0 aliphatic carbocycles. The van der Waals surface area contributed by atoms with Crippen LogP contribution in [0.15, 0.2) is 54.9 Å². The fourth-order valence-corrected chi connectivity index (χ4v) is 4.37. The maximum absolute atomic E-state index is 13.8. The van der Waals surface area contributed by atoms with Gasteiger partial charge in [-0.3, -0.25) is 14.7 Å². The summed E-state index contributed by atoms with van der Waals surface area (Å²) in [6.07, 6.45) is 3.43. The summed E-state index contributed by atoms with van der Waals surface area (Å²) in [5, 5.41) is 0. The summed E-state index contributed by atoms with van der Waals surface area (Å²) in [5.41, 5.74) is 1.50. The zero-order valence-corrected chi connectivity index (χ0v) is 15.5. The minimum Gasteiger partial charge on any atom is -0.491 e. The second-order valence-corrected chi connectivity index (χ2v) is 7.27. The Balaban J connectivity index is 1.51. The molecule has 3 aliphatic rings. The Kier molecular flexibility index (Phi) is 3.35. The van der Waals surface area contributed by atoms with Crippen LogP contribution >= 0.6 is 0 Å². The van der Waals surface area contributed by atoms with Crippen LogP contribution in [-0.2, 0) is 16.8 Å². The fourth-order valence-electron chi connectivity index (χ4n) is 4.37. The van der Waals surface area contributed by atoms with Gasteiger partial charge in [-0.2, -0.15) is 0 Å². The number of pyridine rings is 2. The topological polar surface area (TPSA) is 73.8 Å². The maximum Gasteiger partial charge on any atom is 0.247 e. The number of fused-ring (bicyclic) bond motifs is 5. The van der Waals surface area contributed by atoms with E-state index in [-0.39, 0.29) is 12.5 Å². The average molecular weight is 387 g/mol. The Morgan fingerprint density at radius 1 is 0.897 bits per heavy atom. The van der Waals surface area contributed by atoms with Crippen molar-refractivity contribution in [2.75, 3.05) is 24.7 Å². The smallest absolute Gasteiger partial charge is 0.247 e. The van der Waals surface area contributed by atoms with Crippen molar-refractivity contribution in [3.63, 3.8) is 0 Å². The number of nitrogens with zero attached hydrogens (tertiary/aromatic N) is 3. The van der Waals surface area contributed by atoms with Crippen molar-refractivity contribution in [3.8, 4) is 17.2 Å². The number of hydrogen-bond donors (Lipinski definition) is 0. The van der Waals surface area contributed by atoms with E-state index in [1.54, 1.807) is 17.3 Å². The summed E-state index contributed by atoms with van der Waals surface area (Å²) in [4.78, 5) is 24.4. The van der Waals surface area contributed by atoms with Crippen LogP contribution in [-0.4, -0.2) is 35.7 Å². The predicted octanol–water partition coefficient (Wildman–Crippen LogP) is 2.47. The van der Waals surface area contributed by atoms with E-state index in [1.807, 2.05) is 42.5 Å². The summed E-state index contributed by atoms with van der Waals surface area (Å²) in [5.74, 6) is 2.52. The minimum atomic E-state index is -0.941. The molecule has 1 spiro atoms. The number of hydrogen-bond acceptors (Lipinski definition) is 6. The Labute approximate surface area is 166 Å². The molecule has 7 nitrogen and oxygen atoms in total. The molecule has 7 heteroatoms. The Morgan fingerprint density at radius 2 is 1.72 bits per heavy atom. The highest BCUT2D eigenvalue weighted by atomic mass is 16.6. The molecule has 144 valence electrons. The van der Waals surface area contributed by atoms with Crippen molar-refractivity contribution < 1.29 is 19.0 Å². The number of anilines is 1. The minimum absolute atomic E-state index is 0.0627. The van der Waals surface area contributed by atoms with Crippen LogP contribution in [0, 0.1) is 0 Å². The number of carbonyl (C=O) groups excluding carboxylic acids is 1. The third-order valence-electron chi connectivity index (χ3n) is 5.71. The molecule has 0 saturated carbocycles. The van der Waals surface area contributed by atoms with Crippen molar-refractivity contribution in [1.29, 1.82) is 0 Å². The molecule has 0 N–H and O–H groups in total. The quantitative estimate of drug-likeness (QED) is 0.673. The number of carbonyl (C=O) groups is 1. The van der Waals surface area contributed by atoms with E-state index in [0.29, 0.717) is 42.8 Å². The number of aromatic nitrogens is 2. The highest BCUT2D eigenvalue weighted by Gasteiger charge is 2.58. The predicted molar refractivity (Wildman–Crippen MR) is 103 cm³/mol. The molecule has 0 fully saturated rings. The van der Waals surface area contributed by atoms with Gasteiger partial charge in [-0.15, -0.1) is 0 Å². The second-order valence-electron chi connectivity index (χ2n) is 7.27. The molecule has 1 atom stereocenters. The van der Waals surface area contributed by atoms with Crippen LogP contribution in [0.1, 0.15) is 16.8 Å². The molecule has 29 heavy (non-hydrogen) atoms. The summed E-state index contributed by atoms with van der Waals surface area (Å²) >= 11 is 0. The zero-order valence-electron chi connectivity index (χ0n) is 15.5. The number of benzene rings is 1. The highest BCUT2D eigenvalue weighted by molar-refractivity contribution is 6.10. The second kappa shape index (κ2) is 5.94. The van der Waals surface area contributed by atoms with E-state index in [2.05, 4.69) is 9.97 Å². The Bertz CT molecular complexity index is 1130. The molecule has 1 unspecified atom stereocenters. The van der Waals surface area contributed by atoms with Crippen LogP contribution in [0.2, 0.25) is 0 Å². The molecule has 6 rings (SSSR count). The molecule has 3 aliphatic heterocycles. The summed E-state index contributed by atoms with van der Waals surface area (Å²) < 4.78 is 17.4. The maximum atomic E-state index is 13.8. The Hall–Kier alpha value is -3.61. The lowest BCUT2D eigenvalue weighted by Crippen LogP contribution is -2.42. The van der Waals surface area contributed by atoms with Crippen molar-refractivity contribution >= 4 is 11.7 Å². The molecular weight excluding hydrogens is 370 g/mol. The van der Waals surface area contributed by atoms with E-state index in [4.69, 9.17) is 14.2 Å².